The summed E-state index contributed by atoms with van der Waals surface area (Å²) in [4.78, 5) is 37.5. The molecule has 0 fully saturated rings. The molecule has 1 atom stereocenters. The SMILES string of the molecule is O=C(O[C@H](C(=O)c1ccccc1)c1ccc([N+](=O)[O-])cc1)C(c1ccccc1)c1ccccc1. The molecular formula is C28H21NO5. The molecule has 0 spiro atoms. The van der Waals surface area contributed by atoms with E-state index < -0.39 is 28.7 Å². The number of Topliss-reactive ketones (excluding diaryl/α,β-unsaturated/α-hetero) is 1. The number of carbonyl (C=O) groups is 2. The average Bonchev–Trinajstić information content (AvgIpc) is 2.89. The third-order valence-corrected chi connectivity index (χ3v) is 5.44. The van der Waals surface area contributed by atoms with Crippen molar-refractivity contribution in [3.05, 3.63) is 148 Å². The lowest BCUT2D eigenvalue weighted by molar-refractivity contribution is -0.384. The standard InChI is InChI=1S/C28H21NO5/c30-26(22-14-8-3-9-15-22)27(23-16-18-24(19-17-23)29(32)33)34-28(31)25(20-10-4-1-5-11-20)21-12-6-2-7-13-21/h1-19,25,27H/t27-/m0/s1. The highest BCUT2D eigenvalue weighted by molar-refractivity contribution is 6.01. The smallest absolute Gasteiger partial charge is 0.319 e. The Morgan fingerprint density at radius 2 is 1.12 bits per heavy atom. The van der Waals surface area contributed by atoms with Gasteiger partial charge in [-0.1, -0.05) is 91.0 Å². The van der Waals surface area contributed by atoms with Crippen molar-refractivity contribution in [3.63, 3.8) is 0 Å². The minimum atomic E-state index is -1.26. The van der Waals surface area contributed by atoms with E-state index in [2.05, 4.69) is 0 Å². The van der Waals surface area contributed by atoms with E-state index in [0.29, 0.717) is 11.1 Å². The van der Waals surface area contributed by atoms with Crippen LogP contribution in [0.4, 0.5) is 5.69 Å². The third kappa shape index (κ3) is 5.07. The van der Waals surface area contributed by atoms with Crippen molar-refractivity contribution >= 4 is 17.4 Å². The zero-order valence-electron chi connectivity index (χ0n) is 18.1. The van der Waals surface area contributed by atoms with Crippen LogP contribution in [0.25, 0.3) is 0 Å². The summed E-state index contributed by atoms with van der Waals surface area (Å²) in [7, 11) is 0. The fourth-order valence-electron chi connectivity index (χ4n) is 3.74. The molecule has 4 aromatic rings. The number of carbonyl (C=O) groups excluding carboxylic acids is 2. The number of rotatable bonds is 8. The Hall–Kier alpha value is -4.58. The number of nitrogens with zero attached hydrogens (tertiary/aromatic N) is 1. The summed E-state index contributed by atoms with van der Waals surface area (Å²) in [5.41, 5.74) is 2.07. The number of nitro benzene ring substituents is 1. The van der Waals surface area contributed by atoms with Gasteiger partial charge in [-0.15, -0.1) is 0 Å². The molecular weight excluding hydrogens is 430 g/mol. The normalized spacial score (nSPS) is 11.6. The molecule has 0 heterocycles. The first-order chi connectivity index (χ1) is 16.5. The number of non-ortho nitro benzene ring substituents is 1. The minimum absolute atomic E-state index is 0.118. The van der Waals surface area contributed by atoms with E-state index in [9.17, 15) is 19.7 Å². The largest absolute Gasteiger partial charge is 0.448 e. The Bertz CT molecular complexity index is 1230. The molecule has 0 aromatic heterocycles. The maximum atomic E-state index is 13.6. The highest BCUT2D eigenvalue weighted by atomic mass is 16.6. The second kappa shape index (κ2) is 10.4. The minimum Gasteiger partial charge on any atom is -0.448 e. The van der Waals surface area contributed by atoms with Crippen LogP contribution >= 0.6 is 0 Å². The molecule has 0 saturated carbocycles. The van der Waals surface area contributed by atoms with Gasteiger partial charge in [-0.3, -0.25) is 19.7 Å². The fraction of sp³-hybridized carbons (Fsp3) is 0.0714. The van der Waals surface area contributed by atoms with Crippen LogP contribution in [-0.4, -0.2) is 16.7 Å². The predicted octanol–water partition coefficient (Wildman–Crippen LogP) is 5.89. The van der Waals surface area contributed by atoms with E-state index in [-0.39, 0.29) is 5.69 Å². The Balaban J connectivity index is 1.72. The Kier molecular flexibility index (Phi) is 6.89. The number of nitro groups is 1. The van der Waals surface area contributed by atoms with Crippen LogP contribution in [0.2, 0.25) is 0 Å². The van der Waals surface area contributed by atoms with Crippen LogP contribution in [0.15, 0.2) is 115 Å². The number of hydrogen-bond acceptors (Lipinski definition) is 5. The number of hydrogen-bond donors (Lipinski definition) is 0. The summed E-state index contributed by atoms with van der Waals surface area (Å²) in [6.07, 6.45) is -1.26. The number of ether oxygens (including phenoxy) is 1. The molecule has 6 nitrogen and oxygen atoms in total. The van der Waals surface area contributed by atoms with Crippen molar-refractivity contribution in [1.29, 1.82) is 0 Å². The maximum absolute atomic E-state index is 13.6. The van der Waals surface area contributed by atoms with Crippen LogP contribution in [0.5, 0.6) is 0 Å². The monoisotopic (exact) mass is 451 g/mol. The number of benzene rings is 4. The van der Waals surface area contributed by atoms with Gasteiger partial charge in [0.05, 0.1) is 4.92 Å². The zero-order valence-corrected chi connectivity index (χ0v) is 18.1. The van der Waals surface area contributed by atoms with E-state index in [0.717, 1.165) is 11.1 Å². The lowest BCUT2D eigenvalue weighted by atomic mass is 9.91. The molecule has 4 aromatic carbocycles. The van der Waals surface area contributed by atoms with E-state index >= 15 is 0 Å². The lowest BCUT2D eigenvalue weighted by Gasteiger charge is -2.22. The summed E-state index contributed by atoms with van der Waals surface area (Å²) in [6.45, 7) is 0. The van der Waals surface area contributed by atoms with Crippen LogP contribution in [0.1, 0.15) is 39.1 Å². The summed E-state index contributed by atoms with van der Waals surface area (Å²) in [6, 6.07) is 32.4. The van der Waals surface area contributed by atoms with Crippen LogP contribution in [0.3, 0.4) is 0 Å². The van der Waals surface area contributed by atoms with Gasteiger partial charge in [0.15, 0.2) is 6.10 Å². The van der Waals surface area contributed by atoms with Gasteiger partial charge in [0.2, 0.25) is 5.78 Å². The molecule has 0 bridgehead atoms. The van der Waals surface area contributed by atoms with E-state index in [1.165, 1.54) is 24.3 Å². The average molecular weight is 451 g/mol. The number of ketones is 1. The maximum Gasteiger partial charge on any atom is 0.319 e. The van der Waals surface area contributed by atoms with Crippen LogP contribution in [-0.2, 0) is 9.53 Å². The van der Waals surface area contributed by atoms with E-state index in [1.807, 2.05) is 60.7 Å². The van der Waals surface area contributed by atoms with Crippen molar-refractivity contribution in [3.8, 4) is 0 Å². The molecule has 0 unspecified atom stereocenters. The second-order valence-corrected chi connectivity index (χ2v) is 7.65. The van der Waals surface area contributed by atoms with Gasteiger partial charge in [-0.2, -0.15) is 0 Å². The predicted molar refractivity (Wildman–Crippen MR) is 127 cm³/mol. The van der Waals surface area contributed by atoms with Gasteiger partial charge in [0.25, 0.3) is 5.69 Å². The summed E-state index contributed by atoms with van der Waals surface area (Å²) < 4.78 is 5.87. The molecule has 0 saturated heterocycles. The van der Waals surface area contributed by atoms with Crippen molar-refractivity contribution in [2.75, 3.05) is 0 Å². The molecule has 0 aliphatic heterocycles. The molecule has 168 valence electrons. The molecule has 0 N–H and O–H groups in total. The fourth-order valence-corrected chi connectivity index (χ4v) is 3.74. The van der Waals surface area contributed by atoms with E-state index in [4.69, 9.17) is 4.74 Å². The van der Waals surface area contributed by atoms with Gasteiger partial charge in [0, 0.05) is 23.3 Å². The first-order valence-electron chi connectivity index (χ1n) is 10.7. The Labute approximate surface area is 196 Å². The zero-order chi connectivity index (χ0) is 23.9. The molecule has 34 heavy (non-hydrogen) atoms. The van der Waals surface area contributed by atoms with Crippen molar-refractivity contribution in [2.45, 2.75) is 12.0 Å². The van der Waals surface area contributed by atoms with Gasteiger partial charge < -0.3 is 4.74 Å². The summed E-state index contributed by atoms with van der Waals surface area (Å²) in [5, 5.41) is 11.1. The quantitative estimate of drug-likeness (QED) is 0.144. The molecule has 4 rings (SSSR count). The first-order valence-corrected chi connectivity index (χ1v) is 10.7. The van der Waals surface area contributed by atoms with Gasteiger partial charge >= 0.3 is 5.97 Å². The first kappa shape index (κ1) is 22.6. The Morgan fingerprint density at radius 3 is 1.59 bits per heavy atom. The molecule has 0 amide bonds. The summed E-state index contributed by atoms with van der Waals surface area (Å²) in [5.74, 6) is -1.75. The molecule has 0 radical (unpaired) electrons. The molecule has 6 heteroatoms. The highest BCUT2D eigenvalue weighted by Gasteiger charge is 2.31. The van der Waals surface area contributed by atoms with Crippen LogP contribution in [0, 0.1) is 10.1 Å². The highest BCUT2D eigenvalue weighted by Crippen LogP contribution is 2.31. The lowest BCUT2D eigenvalue weighted by Crippen LogP contribution is -2.24. The summed E-state index contributed by atoms with van der Waals surface area (Å²) >= 11 is 0. The topological polar surface area (TPSA) is 86.5 Å². The van der Waals surface area contributed by atoms with Crippen molar-refractivity contribution in [1.82, 2.24) is 0 Å². The van der Waals surface area contributed by atoms with Gasteiger partial charge in [-0.05, 0) is 23.3 Å². The van der Waals surface area contributed by atoms with Gasteiger partial charge in [0.1, 0.15) is 5.92 Å². The van der Waals surface area contributed by atoms with Crippen LogP contribution < -0.4 is 0 Å². The van der Waals surface area contributed by atoms with Gasteiger partial charge in [-0.25, -0.2) is 0 Å². The second-order valence-electron chi connectivity index (χ2n) is 7.65. The Morgan fingerprint density at radius 1 is 0.647 bits per heavy atom. The number of esters is 1. The van der Waals surface area contributed by atoms with Crippen molar-refractivity contribution < 1.29 is 19.2 Å². The van der Waals surface area contributed by atoms with E-state index in [1.54, 1.807) is 30.3 Å². The third-order valence-electron chi connectivity index (χ3n) is 5.44. The molecule has 0 aliphatic carbocycles. The van der Waals surface area contributed by atoms with Crippen molar-refractivity contribution in [2.24, 2.45) is 0 Å². The molecule has 0 aliphatic rings.